The molecule has 3 aromatic carbocycles. The number of rotatable bonds is 2. The molecular formula is C27H18N4O2. The van der Waals surface area contributed by atoms with Gasteiger partial charge >= 0.3 is 0 Å². The molecule has 0 saturated heterocycles. The Balaban J connectivity index is 1.55. The number of amidine groups is 1. The molecule has 6 heteroatoms. The average molecular weight is 430 g/mol. The van der Waals surface area contributed by atoms with E-state index in [1.165, 1.54) is 0 Å². The first-order valence-electron chi connectivity index (χ1n) is 10.5. The maximum Gasteiger partial charge on any atom is 0.283 e. The van der Waals surface area contributed by atoms with E-state index in [0.29, 0.717) is 11.3 Å². The lowest BCUT2D eigenvalue weighted by Crippen LogP contribution is -2.31. The van der Waals surface area contributed by atoms with Crippen LogP contribution >= 0.6 is 0 Å². The summed E-state index contributed by atoms with van der Waals surface area (Å²) in [5.41, 5.74) is 11.5. The van der Waals surface area contributed by atoms with Crippen molar-refractivity contribution in [3.05, 3.63) is 102 Å². The molecule has 3 heterocycles. The third-order valence-electron chi connectivity index (χ3n) is 6.12. The summed E-state index contributed by atoms with van der Waals surface area (Å²) < 4.78 is 12.0. The smallest absolute Gasteiger partial charge is 0.283 e. The second-order valence-corrected chi connectivity index (χ2v) is 8.06. The summed E-state index contributed by atoms with van der Waals surface area (Å²) in [6.07, 6.45) is 3.58. The molecule has 0 unspecified atom stereocenters. The van der Waals surface area contributed by atoms with E-state index in [-0.39, 0.29) is 12.6 Å². The quantitative estimate of drug-likeness (QED) is 0.484. The van der Waals surface area contributed by atoms with E-state index in [1.54, 1.807) is 12.3 Å². The normalized spacial score (nSPS) is 17.8. The van der Waals surface area contributed by atoms with Crippen LogP contribution in [-0.4, -0.2) is 17.6 Å². The van der Waals surface area contributed by atoms with Crippen LogP contribution < -0.4 is 10.5 Å². The van der Waals surface area contributed by atoms with Gasteiger partial charge in [-0.25, -0.2) is 4.99 Å². The zero-order chi connectivity index (χ0) is 22.4. The number of hydrogen-bond donors (Lipinski definition) is 1. The summed E-state index contributed by atoms with van der Waals surface area (Å²) in [6, 6.07) is 25.8. The van der Waals surface area contributed by atoms with Crippen LogP contribution in [0.3, 0.4) is 0 Å². The third kappa shape index (κ3) is 3.02. The van der Waals surface area contributed by atoms with Gasteiger partial charge in [0.05, 0.1) is 11.6 Å². The van der Waals surface area contributed by atoms with E-state index in [0.717, 1.165) is 39.1 Å². The Bertz CT molecular complexity index is 1470. The molecule has 0 saturated carbocycles. The molecule has 158 valence electrons. The second-order valence-electron chi connectivity index (χ2n) is 8.06. The molecule has 6 rings (SSSR count). The number of pyridine rings is 1. The highest BCUT2D eigenvalue weighted by atomic mass is 16.5. The van der Waals surface area contributed by atoms with Gasteiger partial charge in [0.25, 0.3) is 6.02 Å². The molecule has 33 heavy (non-hydrogen) atoms. The van der Waals surface area contributed by atoms with Crippen LogP contribution in [0.25, 0.3) is 22.3 Å². The SMILES string of the molecule is N#Cc1cccc(-c2ccc3c(c2)[C@]2(COC(N)=N2)c2cc(-c4cccnc4)ccc2O3)c1. The number of ether oxygens (including phenoxy) is 2. The minimum absolute atomic E-state index is 0.150. The van der Waals surface area contributed by atoms with E-state index in [2.05, 4.69) is 23.2 Å². The Morgan fingerprint density at radius 1 is 0.848 bits per heavy atom. The molecule has 0 radical (unpaired) electrons. The Kier molecular flexibility index (Phi) is 4.17. The van der Waals surface area contributed by atoms with Crippen LogP contribution in [-0.2, 0) is 10.3 Å². The summed E-state index contributed by atoms with van der Waals surface area (Å²) in [4.78, 5) is 9.03. The summed E-state index contributed by atoms with van der Waals surface area (Å²) in [7, 11) is 0. The molecule has 2 N–H and O–H groups in total. The first-order valence-corrected chi connectivity index (χ1v) is 10.5. The number of aliphatic imine (C=N–C) groups is 1. The van der Waals surface area contributed by atoms with Crippen LogP contribution in [0.15, 0.2) is 90.2 Å². The summed E-state index contributed by atoms with van der Waals surface area (Å²) in [6.45, 7) is 0.278. The van der Waals surface area contributed by atoms with Gasteiger partial charge in [0, 0.05) is 29.1 Å². The van der Waals surface area contributed by atoms with Crippen molar-refractivity contribution in [3.63, 3.8) is 0 Å². The van der Waals surface area contributed by atoms with Crippen molar-refractivity contribution < 1.29 is 9.47 Å². The van der Waals surface area contributed by atoms with Crippen LogP contribution in [0.1, 0.15) is 16.7 Å². The third-order valence-corrected chi connectivity index (χ3v) is 6.12. The van der Waals surface area contributed by atoms with Gasteiger partial charge in [-0.2, -0.15) is 5.26 Å². The van der Waals surface area contributed by atoms with Gasteiger partial charge in [0.1, 0.15) is 18.1 Å². The molecule has 1 spiro atoms. The Morgan fingerprint density at radius 3 is 2.18 bits per heavy atom. The van der Waals surface area contributed by atoms with Crippen LogP contribution in [0.2, 0.25) is 0 Å². The molecule has 4 aromatic rings. The number of aromatic nitrogens is 1. The number of benzene rings is 3. The van der Waals surface area contributed by atoms with Crippen LogP contribution in [0, 0.1) is 11.3 Å². The molecule has 0 bridgehead atoms. The topological polar surface area (TPSA) is 93.5 Å². The zero-order valence-corrected chi connectivity index (χ0v) is 17.5. The van der Waals surface area contributed by atoms with Crippen LogP contribution in [0.4, 0.5) is 0 Å². The predicted molar refractivity (Wildman–Crippen MR) is 125 cm³/mol. The van der Waals surface area contributed by atoms with E-state index in [9.17, 15) is 5.26 Å². The fourth-order valence-electron chi connectivity index (χ4n) is 4.52. The van der Waals surface area contributed by atoms with Crippen molar-refractivity contribution in [3.8, 4) is 39.8 Å². The fourth-order valence-corrected chi connectivity index (χ4v) is 4.52. The number of fused-ring (bicyclic) bond motifs is 4. The summed E-state index contributed by atoms with van der Waals surface area (Å²) in [5, 5.41) is 9.30. The molecular weight excluding hydrogens is 412 g/mol. The average Bonchev–Trinajstić information content (AvgIpc) is 3.26. The first kappa shape index (κ1) is 19.1. The largest absolute Gasteiger partial charge is 0.462 e. The highest BCUT2D eigenvalue weighted by Gasteiger charge is 2.47. The number of hydrogen-bond acceptors (Lipinski definition) is 6. The van der Waals surface area contributed by atoms with Gasteiger partial charge in [-0.1, -0.05) is 30.3 Å². The molecule has 1 aromatic heterocycles. The Hall–Kier alpha value is -4.63. The molecule has 0 fully saturated rings. The van der Waals surface area contributed by atoms with Crippen molar-refractivity contribution in [2.45, 2.75) is 5.54 Å². The molecule has 6 nitrogen and oxygen atoms in total. The predicted octanol–water partition coefficient (Wildman–Crippen LogP) is 4.98. The maximum atomic E-state index is 9.30. The highest BCUT2D eigenvalue weighted by Crippen LogP contribution is 2.52. The second kappa shape index (κ2) is 7.21. The molecule has 1 atom stereocenters. The lowest BCUT2D eigenvalue weighted by atomic mass is 9.79. The number of nitrogens with zero attached hydrogens (tertiary/aromatic N) is 3. The lowest BCUT2D eigenvalue weighted by Gasteiger charge is -2.34. The first-order chi connectivity index (χ1) is 16.2. The zero-order valence-electron chi connectivity index (χ0n) is 17.5. The van der Waals surface area contributed by atoms with Crippen molar-refractivity contribution >= 4 is 6.02 Å². The van der Waals surface area contributed by atoms with Crippen LogP contribution in [0.5, 0.6) is 11.5 Å². The standard InChI is InChI=1S/C27H18N4O2/c28-14-17-3-1-4-18(11-17)19-6-8-24-22(12-19)27(16-32-26(29)31-27)23-13-20(7-9-25(23)33-24)21-5-2-10-30-15-21/h1-13,15H,16H2,(H2,29,31)/t27-/m1/s1. The number of nitrogens with two attached hydrogens (primary N) is 1. The van der Waals surface area contributed by atoms with Crippen molar-refractivity contribution in [1.29, 1.82) is 5.26 Å². The number of nitriles is 1. The van der Waals surface area contributed by atoms with E-state index >= 15 is 0 Å². The van der Waals surface area contributed by atoms with E-state index < -0.39 is 5.54 Å². The van der Waals surface area contributed by atoms with Gasteiger partial charge < -0.3 is 15.2 Å². The molecule has 0 aliphatic carbocycles. The maximum absolute atomic E-state index is 9.30. The fraction of sp³-hybridized carbons (Fsp3) is 0.0741. The van der Waals surface area contributed by atoms with Crippen molar-refractivity contribution in [2.24, 2.45) is 10.7 Å². The van der Waals surface area contributed by atoms with Gasteiger partial charge in [-0.3, -0.25) is 4.98 Å². The van der Waals surface area contributed by atoms with Gasteiger partial charge in [0.2, 0.25) is 0 Å². The Labute approximate surface area is 190 Å². The monoisotopic (exact) mass is 430 g/mol. The van der Waals surface area contributed by atoms with E-state index in [1.807, 2.05) is 60.8 Å². The lowest BCUT2D eigenvalue weighted by molar-refractivity contribution is 0.264. The molecule has 0 amide bonds. The van der Waals surface area contributed by atoms with Gasteiger partial charge in [-0.05, 0) is 59.2 Å². The van der Waals surface area contributed by atoms with Crippen molar-refractivity contribution in [2.75, 3.05) is 6.61 Å². The minimum atomic E-state index is -0.825. The van der Waals surface area contributed by atoms with Crippen molar-refractivity contribution in [1.82, 2.24) is 4.98 Å². The highest BCUT2D eigenvalue weighted by molar-refractivity contribution is 5.79. The van der Waals surface area contributed by atoms with Gasteiger partial charge in [0.15, 0.2) is 5.54 Å². The van der Waals surface area contributed by atoms with E-state index in [4.69, 9.17) is 20.2 Å². The minimum Gasteiger partial charge on any atom is -0.462 e. The van der Waals surface area contributed by atoms with Gasteiger partial charge in [-0.15, -0.1) is 0 Å². The molecule has 2 aliphatic rings. The molecule has 2 aliphatic heterocycles. The summed E-state index contributed by atoms with van der Waals surface area (Å²) >= 11 is 0. The summed E-state index contributed by atoms with van der Waals surface area (Å²) in [5.74, 6) is 1.43. The Morgan fingerprint density at radius 2 is 1.55 bits per heavy atom.